The Morgan fingerprint density at radius 3 is 2.42 bits per heavy atom. The van der Waals surface area contributed by atoms with Gasteiger partial charge in [0.05, 0.1) is 0 Å². The van der Waals surface area contributed by atoms with Gasteiger partial charge in [-0.15, -0.1) is 0 Å². The summed E-state index contributed by atoms with van der Waals surface area (Å²) in [5.74, 6) is 3.30. The van der Waals surface area contributed by atoms with Crippen molar-refractivity contribution >= 4 is 21.7 Å². The van der Waals surface area contributed by atoms with E-state index < -0.39 is 27.3 Å². The number of rotatable bonds is 5. The van der Waals surface area contributed by atoms with E-state index in [4.69, 9.17) is 15.2 Å². The Kier molecular flexibility index (Phi) is 6.16. The smallest absolute Gasteiger partial charge is 0.337 e. The number of fused-ring (bicyclic) bond motifs is 1. The van der Waals surface area contributed by atoms with Gasteiger partial charge in [0.25, 0.3) is 0 Å². The van der Waals surface area contributed by atoms with Crippen LogP contribution in [0.15, 0.2) is 42.5 Å². The quantitative estimate of drug-likeness (QED) is 0.610. The number of hydrogen-bond donors (Lipinski definition) is 2. The number of halogens is 1. The molecule has 174 valence electrons. The lowest BCUT2D eigenvalue weighted by Crippen LogP contribution is -2.57. The fourth-order valence-corrected chi connectivity index (χ4v) is 5.24. The number of nitrogens with zero attached hydrogens (tertiary/aromatic N) is 2. The van der Waals surface area contributed by atoms with Gasteiger partial charge in [0, 0.05) is 37.4 Å². The van der Waals surface area contributed by atoms with Crippen LogP contribution in [0, 0.1) is 17.7 Å². The molecule has 0 aromatic heterocycles. The number of benzene rings is 2. The van der Waals surface area contributed by atoms with E-state index in [9.17, 15) is 22.7 Å². The first-order chi connectivity index (χ1) is 15.7. The van der Waals surface area contributed by atoms with Gasteiger partial charge in [-0.05, 0) is 42.5 Å². The van der Waals surface area contributed by atoms with Crippen molar-refractivity contribution in [3.8, 4) is 23.3 Å². The number of sulfonamides is 1. The van der Waals surface area contributed by atoms with E-state index in [1.165, 1.54) is 16.4 Å². The fraction of sp³-hybridized carbons (Fsp3) is 0.318. The maximum Gasteiger partial charge on any atom is 0.337 e. The molecule has 2 heterocycles. The molecule has 1 atom stereocenters. The SMILES string of the molecule is NC(C#Cc1ccc2c(c1)OCO2)(CS(=O)(=O)N1CCN(c2ccc(F)cc2)CC1)C(=O)O. The minimum Gasteiger partial charge on any atom is -0.479 e. The van der Waals surface area contributed by atoms with Crippen LogP contribution in [0.5, 0.6) is 11.5 Å². The second-order valence-corrected chi connectivity index (χ2v) is 9.68. The topological polar surface area (TPSA) is 122 Å². The van der Waals surface area contributed by atoms with Crippen LogP contribution in [0.3, 0.4) is 0 Å². The van der Waals surface area contributed by atoms with E-state index in [2.05, 4.69) is 11.8 Å². The number of anilines is 1. The Bertz CT molecular complexity index is 1220. The van der Waals surface area contributed by atoms with E-state index in [0.717, 1.165) is 5.69 Å². The lowest BCUT2D eigenvalue weighted by molar-refractivity contribution is -0.140. The molecular weight excluding hydrogens is 453 g/mol. The summed E-state index contributed by atoms with van der Waals surface area (Å²) in [6.45, 7) is 1.11. The third-order valence-corrected chi connectivity index (χ3v) is 7.39. The number of carbonyl (C=O) groups is 1. The Morgan fingerprint density at radius 2 is 1.76 bits per heavy atom. The van der Waals surface area contributed by atoms with Gasteiger partial charge in [-0.3, -0.25) is 0 Å². The van der Waals surface area contributed by atoms with Crippen molar-refractivity contribution < 1.29 is 32.2 Å². The van der Waals surface area contributed by atoms with Gasteiger partial charge in [0.15, 0.2) is 17.0 Å². The zero-order valence-electron chi connectivity index (χ0n) is 17.5. The molecule has 0 spiro atoms. The van der Waals surface area contributed by atoms with Gasteiger partial charge in [-0.2, -0.15) is 4.31 Å². The molecule has 1 fully saturated rings. The zero-order valence-corrected chi connectivity index (χ0v) is 18.3. The average Bonchev–Trinajstić information content (AvgIpc) is 3.26. The van der Waals surface area contributed by atoms with Crippen molar-refractivity contribution in [2.24, 2.45) is 5.73 Å². The van der Waals surface area contributed by atoms with Crippen molar-refractivity contribution in [2.75, 3.05) is 43.6 Å². The molecule has 0 radical (unpaired) electrons. The highest BCUT2D eigenvalue weighted by Gasteiger charge is 2.41. The van der Waals surface area contributed by atoms with E-state index in [1.807, 2.05) is 4.90 Å². The van der Waals surface area contributed by atoms with Crippen molar-refractivity contribution in [3.05, 3.63) is 53.8 Å². The largest absolute Gasteiger partial charge is 0.479 e. The Hall–Kier alpha value is -3.33. The molecule has 2 aromatic rings. The number of ether oxygens (including phenoxy) is 2. The van der Waals surface area contributed by atoms with Gasteiger partial charge >= 0.3 is 5.97 Å². The maximum absolute atomic E-state index is 13.1. The molecule has 3 N–H and O–H groups in total. The number of carboxylic acids is 1. The van der Waals surface area contributed by atoms with Crippen molar-refractivity contribution in [2.45, 2.75) is 5.54 Å². The minimum absolute atomic E-state index is 0.0782. The summed E-state index contributed by atoms with van der Waals surface area (Å²) in [6, 6.07) is 10.7. The molecule has 0 aliphatic carbocycles. The van der Waals surface area contributed by atoms with Crippen molar-refractivity contribution in [1.29, 1.82) is 0 Å². The van der Waals surface area contributed by atoms with Gasteiger partial charge in [0.2, 0.25) is 16.8 Å². The van der Waals surface area contributed by atoms with Gasteiger partial charge in [-0.1, -0.05) is 11.8 Å². The molecule has 1 saturated heterocycles. The Labute approximate surface area is 190 Å². The minimum atomic E-state index is -4.02. The Balaban J connectivity index is 1.46. The first kappa shape index (κ1) is 22.8. The Morgan fingerprint density at radius 1 is 1.09 bits per heavy atom. The molecule has 4 rings (SSSR count). The van der Waals surface area contributed by atoms with Crippen LogP contribution in [0.4, 0.5) is 10.1 Å². The molecule has 0 bridgehead atoms. The summed E-state index contributed by atoms with van der Waals surface area (Å²) >= 11 is 0. The van der Waals surface area contributed by atoms with Gasteiger partial charge in [-0.25, -0.2) is 17.6 Å². The van der Waals surface area contributed by atoms with Crippen LogP contribution in [-0.2, 0) is 14.8 Å². The summed E-state index contributed by atoms with van der Waals surface area (Å²) in [7, 11) is -4.02. The van der Waals surface area contributed by atoms with Crippen LogP contribution >= 0.6 is 0 Å². The van der Waals surface area contributed by atoms with Crippen LogP contribution in [0.25, 0.3) is 0 Å². The van der Waals surface area contributed by atoms with E-state index >= 15 is 0 Å². The molecule has 11 heteroatoms. The first-order valence-electron chi connectivity index (χ1n) is 10.1. The summed E-state index contributed by atoms with van der Waals surface area (Å²) in [5.41, 5.74) is 4.84. The van der Waals surface area contributed by atoms with Crippen LogP contribution in [-0.4, -0.2) is 68.1 Å². The van der Waals surface area contributed by atoms with E-state index in [0.29, 0.717) is 30.2 Å². The first-order valence-corrected chi connectivity index (χ1v) is 11.7. The van der Waals surface area contributed by atoms with Crippen molar-refractivity contribution in [3.63, 3.8) is 0 Å². The highest BCUT2D eigenvalue weighted by atomic mass is 32.2. The molecule has 1 unspecified atom stereocenters. The normalized spacial score (nSPS) is 17.7. The number of carboxylic acid groups (broad SMARTS) is 1. The molecule has 0 amide bonds. The van der Waals surface area contributed by atoms with Gasteiger partial charge in [0.1, 0.15) is 11.6 Å². The zero-order chi connectivity index (χ0) is 23.6. The van der Waals surface area contributed by atoms with Crippen LogP contribution in [0.1, 0.15) is 5.56 Å². The molecular formula is C22H22FN3O6S. The van der Waals surface area contributed by atoms with Crippen molar-refractivity contribution in [1.82, 2.24) is 4.31 Å². The molecule has 2 aliphatic heterocycles. The fourth-order valence-electron chi connectivity index (χ4n) is 3.56. The number of nitrogens with two attached hydrogens (primary N) is 1. The summed E-state index contributed by atoms with van der Waals surface area (Å²) < 4.78 is 50.8. The number of piperazine rings is 1. The summed E-state index contributed by atoms with van der Waals surface area (Å²) in [6.07, 6.45) is 0. The lowest BCUT2D eigenvalue weighted by atomic mass is 10.0. The summed E-state index contributed by atoms with van der Waals surface area (Å²) in [4.78, 5) is 13.8. The highest BCUT2D eigenvalue weighted by Crippen LogP contribution is 2.32. The third-order valence-electron chi connectivity index (χ3n) is 5.42. The lowest BCUT2D eigenvalue weighted by Gasteiger charge is -2.36. The number of hydrogen-bond acceptors (Lipinski definition) is 7. The third kappa shape index (κ3) is 5.03. The monoisotopic (exact) mass is 475 g/mol. The standard InChI is InChI=1S/C22H22FN3O6S/c23-17-2-4-18(5-3-17)25-9-11-26(12-10-25)33(29,30)14-22(24,21(27)28)8-7-16-1-6-19-20(13-16)32-15-31-19/h1-6,13H,9-12,14-15,24H2,(H,27,28). The summed E-state index contributed by atoms with van der Waals surface area (Å²) in [5, 5.41) is 9.65. The molecule has 2 aromatic carbocycles. The second kappa shape index (κ2) is 8.90. The maximum atomic E-state index is 13.1. The molecule has 0 saturated carbocycles. The van der Waals surface area contributed by atoms with Gasteiger partial charge < -0.3 is 25.2 Å². The molecule has 33 heavy (non-hydrogen) atoms. The van der Waals surface area contributed by atoms with E-state index in [-0.39, 0.29) is 25.7 Å². The van der Waals surface area contributed by atoms with Crippen LogP contribution < -0.4 is 20.1 Å². The van der Waals surface area contributed by atoms with Crippen LogP contribution in [0.2, 0.25) is 0 Å². The predicted octanol–water partition coefficient (Wildman–Crippen LogP) is 0.840. The average molecular weight is 475 g/mol. The predicted molar refractivity (Wildman–Crippen MR) is 118 cm³/mol. The highest BCUT2D eigenvalue weighted by molar-refractivity contribution is 7.89. The molecule has 2 aliphatic rings. The van der Waals surface area contributed by atoms with E-state index in [1.54, 1.807) is 30.3 Å². The second-order valence-electron chi connectivity index (χ2n) is 7.71. The number of aliphatic carboxylic acids is 1. The molecule has 9 nitrogen and oxygen atoms in total.